The van der Waals surface area contributed by atoms with E-state index in [1.54, 1.807) is 18.5 Å². The zero-order valence-corrected chi connectivity index (χ0v) is 23.8. The van der Waals surface area contributed by atoms with Gasteiger partial charge in [-0.3, -0.25) is 0 Å². The van der Waals surface area contributed by atoms with Gasteiger partial charge < -0.3 is 0 Å². The lowest BCUT2D eigenvalue weighted by Crippen LogP contribution is -1.97. The van der Waals surface area contributed by atoms with Crippen molar-refractivity contribution in [2.75, 3.05) is 18.5 Å². The van der Waals surface area contributed by atoms with Gasteiger partial charge in [-0.1, -0.05) is 139 Å². The number of benzene rings is 2. The Morgan fingerprint density at radius 3 is 1.03 bits per heavy atom. The molecule has 0 fully saturated rings. The molecule has 0 nitrogen and oxygen atoms in total. The number of halogens is 1. The van der Waals surface area contributed by atoms with Crippen LogP contribution in [0.2, 0.25) is 0 Å². The van der Waals surface area contributed by atoms with Crippen LogP contribution in [0.3, 0.4) is 0 Å². The molecule has 0 aliphatic carbocycles. The Kier molecular flexibility index (Phi) is 23.0. The predicted octanol–water partition coefficient (Wildman–Crippen LogP) is 11.1. The van der Waals surface area contributed by atoms with Crippen molar-refractivity contribution in [1.82, 2.24) is 0 Å². The topological polar surface area (TPSA) is 0 Å². The van der Waals surface area contributed by atoms with Gasteiger partial charge in [-0.05, 0) is 48.9 Å². The van der Waals surface area contributed by atoms with Crippen LogP contribution in [0.5, 0.6) is 0 Å². The smallest absolute Gasteiger partial charge is 0.0184 e. The molecule has 0 spiro atoms. The Labute approximate surface area is 212 Å². The van der Waals surface area contributed by atoms with E-state index < -0.39 is 0 Å². The summed E-state index contributed by atoms with van der Waals surface area (Å²) in [7, 11) is 0.389. The summed E-state index contributed by atoms with van der Waals surface area (Å²) < 4.78 is 0. The number of hydrogen-bond donors (Lipinski definition) is 0. The minimum absolute atomic E-state index is 0. The van der Waals surface area contributed by atoms with Crippen molar-refractivity contribution in [3.8, 4) is 11.1 Å². The molecule has 0 aliphatic rings. The lowest BCUT2D eigenvalue weighted by molar-refractivity contribution is 0.687. The second-order valence-electron chi connectivity index (χ2n) is 8.76. The summed E-state index contributed by atoms with van der Waals surface area (Å²) in [6.07, 6.45) is 22.2. The molecule has 32 heavy (non-hydrogen) atoms. The molecule has 0 radical (unpaired) electrons. The summed E-state index contributed by atoms with van der Waals surface area (Å²) in [6, 6.07) is 20.8. The molecule has 0 saturated carbocycles. The lowest BCUT2D eigenvalue weighted by Gasteiger charge is -2.17. The first kappa shape index (κ1) is 31.4. The van der Waals surface area contributed by atoms with Crippen LogP contribution < -0.4 is 0 Å². The molecule has 0 aliphatic heterocycles. The first-order valence-electron chi connectivity index (χ1n) is 13.1. The predicted molar refractivity (Wildman–Crippen MR) is 156 cm³/mol. The molecule has 0 N–H and O–H groups in total. The van der Waals surface area contributed by atoms with Crippen molar-refractivity contribution in [2.45, 2.75) is 97.8 Å². The highest BCUT2D eigenvalue weighted by molar-refractivity contribution is 8.93. The zero-order chi connectivity index (χ0) is 22.4. The molecule has 0 bridgehead atoms. The Morgan fingerprint density at radius 1 is 0.438 bits per heavy atom. The standard InChI is InChI=1S/C18H39P.C12H10.BrH/c1-4-7-10-13-16-19(17-14-11-8-5-2)18-15-12-9-6-3;1-3-7-11(8-4-1)12-9-5-2-6-10-12;/h4-18H2,1-3H3;1-10H;1H. The van der Waals surface area contributed by atoms with E-state index in [0.717, 1.165) is 0 Å². The van der Waals surface area contributed by atoms with Crippen LogP contribution >= 0.6 is 24.9 Å². The van der Waals surface area contributed by atoms with Gasteiger partial charge in [-0.2, -0.15) is 0 Å². The van der Waals surface area contributed by atoms with Crippen molar-refractivity contribution in [3.63, 3.8) is 0 Å². The largest absolute Gasteiger partial charge is 0.114 e. The Balaban J connectivity index is 0.000000631. The minimum Gasteiger partial charge on any atom is -0.114 e. The van der Waals surface area contributed by atoms with E-state index in [9.17, 15) is 0 Å². The molecule has 0 amide bonds. The summed E-state index contributed by atoms with van der Waals surface area (Å²) >= 11 is 0. The first-order valence-corrected chi connectivity index (χ1v) is 15.0. The van der Waals surface area contributed by atoms with E-state index in [2.05, 4.69) is 69.3 Å². The summed E-state index contributed by atoms with van der Waals surface area (Å²) in [6.45, 7) is 6.95. The van der Waals surface area contributed by atoms with Crippen molar-refractivity contribution >= 4 is 24.9 Å². The van der Waals surface area contributed by atoms with E-state index in [1.807, 2.05) is 12.1 Å². The van der Waals surface area contributed by atoms with Gasteiger partial charge in [-0.25, -0.2) is 0 Å². The fourth-order valence-corrected chi connectivity index (χ4v) is 6.57. The van der Waals surface area contributed by atoms with Crippen LogP contribution in [-0.4, -0.2) is 18.5 Å². The quantitative estimate of drug-likeness (QED) is 0.152. The second-order valence-corrected chi connectivity index (χ2v) is 11.4. The fraction of sp³-hybridized carbons (Fsp3) is 0.600. The lowest BCUT2D eigenvalue weighted by atomic mass is 10.1. The zero-order valence-electron chi connectivity index (χ0n) is 21.2. The minimum atomic E-state index is 0. The fourth-order valence-electron chi connectivity index (χ4n) is 3.88. The molecule has 2 heteroatoms. The average molecular weight is 522 g/mol. The van der Waals surface area contributed by atoms with E-state index in [4.69, 9.17) is 0 Å². The van der Waals surface area contributed by atoms with Crippen LogP contribution in [0.25, 0.3) is 11.1 Å². The Hall–Kier alpha value is -0.650. The van der Waals surface area contributed by atoms with Crippen LogP contribution in [0.1, 0.15) is 97.8 Å². The highest BCUT2D eigenvalue weighted by Crippen LogP contribution is 2.39. The summed E-state index contributed by atoms with van der Waals surface area (Å²) in [4.78, 5) is 0. The van der Waals surface area contributed by atoms with Gasteiger partial charge in [0.1, 0.15) is 0 Å². The van der Waals surface area contributed by atoms with Crippen LogP contribution in [0.4, 0.5) is 0 Å². The molecule has 2 aromatic rings. The number of unbranched alkanes of at least 4 members (excludes halogenated alkanes) is 9. The molecule has 0 aromatic heterocycles. The van der Waals surface area contributed by atoms with Crippen molar-refractivity contribution in [2.24, 2.45) is 0 Å². The highest BCUT2D eigenvalue weighted by atomic mass is 79.9. The first-order chi connectivity index (χ1) is 15.3. The van der Waals surface area contributed by atoms with Gasteiger partial charge >= 0.3 is 0 Å². The molecule has 182 valence electrons. The van der Waals surface area contributed by atoms with Crippen molar-refractivity contribution in [3.05, 3.63) is 60.7 Å². The average Bonchev–Trinajstić information content (AvgIpc) is 2.83. The summed E-state index contributed by atoms with van der Waals surface area (Å²) in [5.41, 5.74) is 2.55. The summed E-state index contributed by atoms with van der Waals surface area (Å²) in [5.74, 6) is 0. The second kappa shape index (κ2) is 23.5. The van der Waals surface area contributed by atoms with Crippen LogP contribution in [0.15, 0.2) is 60.7 Å². The number of hydrogen-bond acceptors (Lipinski definition) is 0. The van der Waals surface area contributed by atoms with E-state index in [0.29, 0.717) is 7.92 Å². The maximum Gasteiger partial charge on any atom is -0.0184 e. The van der Waals surface area contributed by atoms with Crippen molar-refractivity contribution in [1.29, 1.82) is 0 Å². The van der Waals surface area contributed by atoms with Crippen molar-refractivity contribution < 1.29 is 0 Å². The SMILES string of the molecule is Br.CCCCCCP(CCCCCC)CCCCCC.c1ccc(-c2ccccc2)cc1. The van der Waals surface area contributed by atoms with Crippen LogP contribution in [0, 0.1) is 0 Å². The molecule has 2 rings (SSSR count). The third kappa shape index (κ3) is 16.9. The third-order valence-corrected chi connectivity index (χ3v) is 8.71. The molecular weight excluding hydrogens is 471 g/mol. The van der Waals surface area contributed by atoms with Gasteiger partial charge in [0.05, 0.1) is 0 Å². The molecule has 0 heterocycles. The molecular formula is C30H50BrP. The maximum absolute atomic E-state index is 2.32. The molecule has 2 aromatic carbocycles. The van der Waals surface area contributed by atoms with Gasteiger partial charge in [0.15, 0.2) is 0 Å². The normalized spacial score (nSPS) is 10.4. The summed E-state index contributed by atoms with van der Waals surface area (Å²) in [5, 5.41) is 0. The van der Waals surface area contributed by atoms with E-state index in [1.165, 1.54) is 88.2 Å². The van der Waals surface area contributed by atoms with Crippen LogP contribution in [-0.2, 0) is 0 Å². The highest BCUT2D eigenvalue weighted by Gasteiger charge is 2.07. The third-order valence-electron chi connectivity index (χ3n) is 5.86. The monoisotopic (exact) mass is 520 g/mol. The van der Waals surface area contributed by atoms with Gasteiger partial charge in [0, 0.05) is 0 Å². The maximum atomic E-state index is 2.32. The molecule has 0 unspecified atom stereocenters. The van der Waals surface area contributed by atoms with Gasteiger partial charge in [0.25, 0.3) is 0 Å². The molecule has 0 atom stereocenters. The Morgan fingerprint density at radius 2 is 0.750 bits per heavy atom. The van der Waals surface area contributed by atoms with Gasteiger partial charge in [-0.15, -0.1) is 24.9 Å². The van der Waals surface area contributed by atoms with Gasteiger partial charge in [0.2, 0.25) is 0 Å². The number of rotatable bonds is 16. The van der Waals surface area contributed by atoms with E-state index >= 15 is 0 Å². The Bertz CT molecular complexity index is 533. The molecule has 0 saturated heterocycles. The van der Waals surface area contributed by atoms with E-state index in [-0.39, 0.29) is 17.0 Å².